The van der Waals surface area contributed by atoms with E-state index < -0.39 is 0 Å². The fourth-order valence-electron chi connectivity index (χ4n) is 4.44. The number of aromatic nitrogens is 2. The molecule has 180 valence electrons. The van der Waals surface area contributed by atoms with Crippen molar-refractivity contribution in [2.24, 2.45) is 7.05 Å². The monoisotopic (exact) mass is 487 g/mol. The molecule has 35 heavy (non-hydrogen) atoms. The van der Waals surface area contributed by atoms with Crippen molar-refractivity contribution in [1.82, 2.24) is 14.7 Å². The van der Waals surface area contributed by atoms with Crippen LogP contribution in [0.5, 0.6) is 11.6 Å². The lowest BCUT2D eigenvalue weighted by Crippen LogP contribution is -2.36. The highest BCUT2D eigenvalue weighted by Crippen LogP contribution is 2.35. The van der Waals surface area contributed by atoms with Gasteiger partial charge >= 0.3 is 0 Å². The molecule has 0 aliphatic carbocycles. The average molecular weight is 488 g/mol. The highest BCUT2D eigenvalue weighted by molar-refractivity contribution is 7.12. The van der Waals surface area contributed by atoms with Crippen molar-refractivity contribution in [1.29, 1.82) is 0 Å². The van der Waals surface area contributed by atoms with Gasteiger partial charge in [-0.25, -0.2) is 4.68 Å². The van der Waals surface area contributed by atoms with E-state index in [9.17, 15) is 4.79 Å². The summed E-state index contributed by atoms with van der Waals surface area (Å²) < 4.78 is 14.1. The van der Waals surface area contributed by atoms with Gasteiger partial charge in [-0.05, 0) is 48.9 Å². The number of hydrogen-bond acceptors (Lipinski definition) is 5. The van der Waals surface area contributed by atoms with E-state index in [1.54, 1.807) is 4.68 Å². The first-order valence-corrected chi connectivity index (χ1v) is 12.8. The fraction of sp³-hybridized carbons (Fsp3) is 0.286. The molecule has 2 aromatic carbocycles. The Bertz CT molecular complexity index is 1280. The predicted octanol–water partition coefficient (Wildman–Crippen LogP) is 6.07. The topological polar surface area (TPSA) is 56.6 Å². The molecule has 0 radical (unpaired) electrons. The van der Waals surface area contributed by atoms with E-state index in [2.05, 4.69) is 0 Å². The standard InChI is InChI=1S/C28H29N3O3S/c1-20-9-6-12-22(17-20)34-28-24(26(29-30(28)2)21-10-4-3-5-11-21)19-31(18-23-13-7-15-33-23)27(32)25-14-8-16-35-25/h3-6,8-12,14,16-17,23H,7,13,15,18-19H2,1-2H3. The Morgan fingerprint density at radius 2 is 2.03 bits per heavy atom. The van der Waals surface area contributed by atoms with Crippen LogP contribution >= 0.6 is 11.3 Å². The average Bonchev–Trinajstić information content (AvgIpc) is 3.63. The summed E-state index contributed by atoms with van der Waals surface area (Å²) in [7, 11) is 1.88. The van der Waals surface area contributed by atoms with Gasteiger partial charge in [0.05, 0.1) is 23.1 Å². The molecule has 7 heteroatoms. The van der Waals surface area contributed by atoms with Gasteiger partial charge in [0.2, 0.25) is 5.88 Å². The van der Waals surface area contributed by atoms with E-state index in [1.165, 1.54) is 11.3 Å². The van der Waals surface area contributed by atoms with Gasteiger partial charge in [-0.1, -0.05) is 48.5 Å². The fourth-order valence-corrected chi connectivity index (χ4v) is 5.13. The zero-order valence-corrected chi connectivity index (χ0v) is 20.8. The maximum absolute atomic E-state index is 13.6. The van der Waals surface area contributed by atoms with E-state index in [4.69, 9.17) is 14.6 Å². The minimum atomic E-state index is -0.000120. The first-order valence-electron chi connectivity index (χ1n) is 11.9. The molecule has 1 unspecified atom stereocenters. The predicted molar refractivity (Wildman–Crippen MR) is 138 cm³/mol. The van der Waals surface area contributed by atoms with E-state index >= 15 is 0 Å². The first-order chi connectivity index (χ1) is 17.1. The van der Waals surface area contributed by atoms with Gasteiger partial charge in [-0.3, -0.25) is 4.79 Å². The number of rotatable bonds is 8. The normalized spacial score (nSPS) is 15.3. The molecule has 6 nitrogen and oxygen atoms in total. The molecule has 1 atom stereocenters. The molecule has 1 aliphatic heterocycles. The van der Waals surface area contributed by atoms with Gasteiger partial charge in [-0.15, -0.1) is 11.3 Å². The van der Waals surface area contributed by atoms with Gasteiger partial charge in [0.1, 0.15) is 11.4 Å². The molecule has 1 amide bonds. The lowest BCUT2D eigenvalue weighted by molar-refractivity contribution is 0.0510. The molecule has 1 aliphatic rings. The Morgan fingerprint density at radius 3 is 2.74 bits per heavy atom. The van der Waals surface area contributed by atoms with Gasteiger partial charge < -0.3 is 14.4 Å². The Morgan fingerprint density at radius 1 is 1.17 bits per heavy atom. The van der Waals surface area contributed by atoms with Crippen LogP contribution in [0.15, 0.2) is 72.1 Å². The zero-order valence-electron chi connectivity index (χ0n) is 20.0. The number of amides is 1. The minimum absolute atomic E-state index is 0.000120. The molecule has 0 saturated carbocycles. The SMILES string of the molecule is Cc1cccc(Oc2c(CN(CC3CCCO3)C(=O)c3cccs3)c(-c3ccccc3)nn2C)c1. The van der Waals surface area contributed by atoms with Crippen LogP contribution in [0.3, 0.4) is 0 Å². The maximum atomic E-state index is 13.6. The Hall–Kier alpha value is -3.42. The van der Waals surface area contributed by atoms with Crippen molar-refractivity contribution in [3.8, 4) is 22.9 Å². The van der Waals surface area contributed by atoms with Gasteiger partial charge in [0.15, 0.2) is 0 Å². The third kappa shape index (κ3) is 5.31. The number of benzene rings is 2. The third-order valence-corrected chi connectivity index (χ3v) is 7.01. The molecular formula is C28H29N3O3S. The molecule has 0 bridgehead atoms. The highest BCUT2D eigenvalue weighted by Gasteiger charge is 2.28. The number of thiophene rings is 1. The molecular weight excluding hydrogens is 458 g/mol. The minimum Gasteiger partial charge on any atom is -0.439 e. The molecule has 2 aromatic heterocycles. The third-order valence-electron chi connectivity index (χ3n) is 6.16. The summed E-state index contributed by atoms with van der Waals surface area (Å²) >= 11 is 1.46. The zero-order chi connectivity index (χ0) is 24.2. The summed E-state index contributed by atoms with van der Waals surface area (Å²) in [5.41, 5.74) is 3.79. The summed E-state index contributed by atoms with van der Waals surface area (Å²) in [6, 6.07) is 21.8. The Balaban J connectivity index is 1.55. The summed E-state index contributed by atoms with van der Waals surface area (Å²) in [4.78, 5) is 16.2. The lowest BCUT2D eigenvalue weighted by Gasteiger charge is -2.25. The molecule has 3 heterocycles. The van der Waals surface area contributed by atoms with Crippen molar-refractivity contribution >= 4 is 17.2 Å². The molecule has 0 N–H and O–H groups in total. The smallest absolute Gasteiger partial charge is 0.264 e. The van der Waals surface area contributed by atoms with E-state index in [0.717, 1.165) is 47.6 Å². The van der Waals surface area contributed by atoms with Crippen LogP contribution in [0, 0.1) is 6.92 Å². The second-order valence-electron chi connectivity index (χ2n) is 8.84. The summed E-state index contributed by atoms with van der Waals surface area (Å²) in [6.07, 6.45) is 2.02. The highest BCUT2D eigenvalue weighted by atomic mass is 32.1. The van der Waals surface area contributed by atoms with Crippen LogP contribution in [-0.4, -0.2) is 39.8 Å². The Labute approximate surface area is 209 Å². The van der Waals surface area contributed by atoms with Crippen molar-refractivity contribution in [2.75, 3.05) is 13.2 Å². The number of carbonyl (C=O) groups is 1. The second kappa shape index (κ2) is 10.5. The molecule has 1 fully saturated rings. The maximum Gasteiger partial charge on any atom is 0.264 e. The summed E-state index contributed by atoms with van der Waals surface area (Å²) in [6.45, 7) is 3.69. The van der Waals surface area contributed by atoms with Crippen LogP contribution < -0.4 is 4.74 Å². The van der Waals surface area contributed by atoms with Crippen LogP contribution in [0.4, 0.5) is 0 Å². The number of nitrogens with zero attached hydrogens (tertiary/aromatic N) is 3. The second-order valence-corrected chi connectivity index (χ2v) is 9.79. The summed E-state index contributed by atoms with van der Waals surface area (Å²) in [5.74, 6) is 1.37. The van der Waals surface area contributed by atoms with Gasteiger partial charge in [0, 0.05) is 25.8 Å². The molecule has 0 spiro atoms. The lowest BCUT2D eigenvalue weighted by atomic mass is 10.1. The quantitative estimate of drug-likeness (QED) is 0.303. The number of ether oxygens (including phenoxy) is 2. The van der Waals surface area contributed by atoms with Gasteiger partial charge in [0.25, 0.3) is 5.91 Å². The van der Waals surface area contributed by atoms with Crippen LogP contribution in [0.2, 0.25) is 0 Å². The van der Waals surface area contributed by atoms with Crippen molar-refractivity contribution in [3.05, 3.63) is 88.1 Å². The largest absolute Gasteiger partial charge is 0.439 e. The van der Waals surface area contributed by atoms with Crippen molar-refractivity contribution < 1.29 is 14.3 Å². The molecule has 1 saturated heterocycles. The van der Waals surface area contributed by atoms with Crippen molar-refractivity contribution in [2.45, 2.75) is 32.4 Å². The molecule has 4 aromatic rings. The van der Waals surface area contributed by atoms with Crippen LogP contribution in [-0.2, 0) is 18.3 Å². The first kappa shape index (κ1) is 23.3. The molecule has 5 rings (SSSR count). The van der Waals surface area contributed by atoms with E-state index in [-0.39, 0.29) is 12.0 Å². The van der Waals surface area contributed by atoms with Crippen molar-refractivity contribution in [3.63, 3.8) is 0 Å². The number of aryl methyl sites for hydroxylation is 2. The van der Waals surface area contributed by atoms with Gasteiger partial charge in [-0.2, -0.15) is 5.10 Å². The number of hydrogen-bond donors (Lipinski definition) is 0. The van der Waals surface area contributed by atoms with E-state index in [1.807, 2.05) is 91.0 Å². The van der Waals surface area contributed by atoms with E-state index in [0.29, 0.717) is 23.8 Å². The number of carbonyl (C=O) groups excluding carboxylic acids is 1. The Kier molecular flexibility index (Phi) is 6.97. The van der Waals surface area contributed by atoms with Crippen LogP contribution in [0.25, 0.3) is 11.3 Å². The van der Waals surface area contributed by atoms with Crippen LogP contribution in [0.1, 0.15) is 33.6 Å². The summed E-state index contributed by atoms with van der Waals surface area (Å²) in [5, 5.41) is 6.77.